The van der Waals surface area contributed by atoms with Crippen LogP contribution in [0.4, 0.5) is 0 Å². The van der Waals surface area contributed by atoms with Crippen LogP contribution in [-0.2, 0) is 11.3 Å². The number of carbonyl (C=O) groups is 1. The van der Waals surface area contributed by atoms with Gasteiger partial charge in [0, 0.05) is 19.3 Å². The molecule has 1 amide bonds. The maximum absolute atomic E-state index is 11.2. The van der Waals surface area contributed by atoms with Gasteiger partial charge in [-0.1, -0.05) is 0 Å². The third-order valence-electron chi connectivity index (χ3n) is 2.57. The molecule has 0 unspecified atom stereocenters. The van der Waals surface area contributed by atoms with Gasteiger partial charge >= 0.3 is 0 Å². The summed E-state index contributed by atoms with van der Waals surface area (Å²) < 4.78 is 5.49. The Morgan fingerprint density at radius 1 is 1.53 bits per heavy atom. The highest BCUT2D eigenvalue weighted by molar-refractivity contribution is 5.93. The lowest BCUT2D eigenvalue weighted by molar-refractivity contribution is 0.0625. The maximum Gasteiger partial charge on any atom is 0.266 e. The van der Waals surface area contributed by atoms with E-state index in [1.165, 1.54) is 6.20 Å². The number of pyridine rings is 1. The Kier molecular flexibility index (Phi) is 6.41. The molecule has 0 atom stereocenters. The second-order valence-electron chi connectivity index (χ2n) is 4.67. The zero-order valence-corrected chi connectivity index (χ0v) is 11.7. The van der Waals surface area contributed by atoms with Crippen LogP contribution < -0.4 is 11.3 Å². The van der Waals surface area contributed by atoms with E-state index in [9.17, 15) is 4.79 Å². The van der Waals surface area contributed by atoms with Crippen LogP contribution in [0.15, 0.2) is 18.3 Å². The van der Waals surface area contributed by atoms with E-state index in [-0.39, 0.29) is 12.0 Å². The molecule has 106 valence electrons. The van der Waals surface area contributed by atoms with E-state index in [4.69, 9.17) is 10.6 Å². The smallest absolute Gasteiger partial charge is 0.266 e. The molecule has 1 rings (SSSR count). The number of aromatic nitrogens is 1. The molecule has 19 heavy (non-hydrogen) atoms. The molecule has 0 aliphatic rings. The molecule has 1 heterocycles. The second kappa shape index (κ2) is 7.83. The first-order chi connectivity index (χ1) is 9.02. The number of likely N-dealkylation sites (N-methyl/N-ethyl adjacent to an activating group) is 1. The van der Waals surface area contributed by atoms with E-state index in [0.717, 1.165) is 12.2 Å². The molecule has 0 bridgehead atoms. The van der Waals surface area contributed by atoms with Crippen LogP contribution in [-0.4, -0.2) is 42.1 Å². The molecule has 6 nitrogen and oxygen atoms in total. The van der Waals surface area contributed by atoms with Crippen LogP contribution in [0.1, 0.15) is 29.9 Å². The van der Waals surface area contributed by atoms with Crippen molar-refractivity contribution in [2.24, 2.45) is 5.84 Å². The van der Waals surface area contributed by atoms with E-state index in [2.05, 4.69) is 15.3 Å². The Morgan fingerprint density at radius 3 is 2.79 bits per heavy atom. The lowest BCUT2D eigenvalue weighted by atomic mass is 10.2. The van der Waals surface area contributed by atoms with E-state index < -0.39 is 0 Å². The zero-order chi connectivity index (χ0) is 14.3. The van der Waals surface area contributed by atoms with Crippen LogP contribution >= 0.6 is 0 Å². The van der Waals surface area contributed by atoms with Gasteiger partial charge in [0.05, 0.1) is 24.0 Å². The van der Waals surface area contributed by atoms with Crippen molar-refractivity contribution in [1.29, 1.82) is 0 Å². The van der Waals surface area contributed by atoms with Crippen LogP contribution in [0.25, 0.3) is 0 Å². The third-order valence-corrected chi connectivity index (χ3v) is 2.57. The fourth-order valence-electron chi connectivity index (χ4n) is 1.54. The highest BCUT2D eigenvalue weighted by Gasteiger charge is 2.06. The Morgan fingerprint density at radius 2 is 2.26 bits per heavy atom. The number of nitrogens with two attached hydrogens (primary N) is 1. The summed E-state index contributed by atoms with van der Waals surface area (Å²) in [6, 6.07) is 3.54. The highest BCUT2D eigenvalue weighted by atomic mass is 16.5. The van der Waals surface area contributed by atoms with Crippen molar-refractivity contribution in [3.8, 4) is 0 Å². The van der Waals surface area contributed by atoms with Crippen LogP contribution in [0.3, 0.4) is 0 Å². The summed E-state index contributed by atoms with van der Waals surface area (Å²) in [5.74, 6) is 4.72. The van der Waals surface area contributed by atoms with Crippen LogP contribution in [0.5, 0.6) is 0 Å². The fraction of sp³-hybridized carbons (Fsp3) is 0.538. The molecule has 0 spiro atoms. The molecular weight excluding hydrogens is 244 g/mol. The molecule has 0 fully saturated rings. The van der Waals surface area contributed by atoms with E-state index in [1.807, 2.05) is 27.0 Å². The monoisotopic (exact) mass is 266 g/mol. The quantitative estimate of drug-likeness (QED) is 0.428. The number of nitrogen functional groups attached to an aromatic ring is 1. The minimum absolute atomic E-state index is 0.251. The lowest BCUT2D eigenvalue weighted by Crippen LogP contribution is -2.30. The molecular formula is C13H22N4O2. The van der Waals surface area contributed by atoms with Gasteiger partial charge in [0.1, 0.15) is 0 Å². The molecule has 1 aromatic rings. The topological polar surface area (TPSA) is 80.5 Å². The summed E-state index contributed by atoms with van der Waals surface area (Å²) in [6.07, 6.45) is 1.77. The second-order valence-corrected chi connectivity index (χ2v) is 4.67. The van der Waals surface area contributed by atoms with Crippen molar-refractivity contribution in [1.82, 2.24) is 15.3 Å². The fourth-order valence-corrected chi connectivity index (χ4v) is 1.54. The number of hydrogen-bond acceptors (Lipinski definition) is 5. The summed E-state index contributed by atoms with van der Waals surface area (Å²) in [5.41, 5.74) is 3.43. The number of nitrogens with zero attached hydrogens (tertiary/aromatic N) is 2. The Hall–Kier alpha value is -1.50. The van der Waals surface area contributed by atoms with Crippen molar-refractivity contribution in [2.45, 2.75) is 26.5 Å². The maximum atomic E-state index is 11.2. The van der Waals surface area contributed by atoms with Crippen LogP contribution in [0, 0.1) is 0 Å². The van der Waals surface area contributed by atoms with Crippen molar-refractivity contribution in [3.63, 3.8) is 0 Å². The molecule has 0 aliphatic carbocycles. The first-order valence-corrected chi connectivity index (χ1v) is 6.29. The van der Waals surface area contributed by atoms with Gasteiger partial charge in [-0.25, -0.2) is 5.84 Å². The van der Waals surface area contributed by atoms with Gasteiger partial charge in [-0.05, 0) is 33.0 Å². The van der Waals surface area contributed by atoms with Crippen molar-refractivity contribution >= 4 is 5.91 Å². The zero-order valence-electron chi connectivity index (χ0n) is 11.7. The summed E-state index contributed by atoms with van der Waals surface area (Å²) in [4.78, 5) is 17.6. The molecule has 0 saturated carbocycles. The minimum atomic E-state index is -0.335. The summed E-state index contributed by atoms with van der Waals surface area (Å²) >= 11 is 0. The summed E-state index contributed by atoms with van der Waals surface area (Å²) in [7, 11) is 2.01. The van der Waals surface area contributed by atoms with Gasteiger partial charge < -0.3 is 4.74 Å². The highest BCUT2D eigenvalue weighted by Crippen LogP contribution is 2.03. The Bertz CT molecular complexity index is 392. The van der Waals surface area contributed by atoms with Gasteiger partial charge in [0.15, 0.2) is 0 Å². The average Bonchev–Trinajstić information content (AvgIpc) is 2.38. The molecule has 6 heteroatoms. The van der Waals surface area contributed by atoms with Crippen molar-refractivity contribution in [2.75, 3.05) is 20.2 Å². The van der Waals surface area contributed by atoms with Gasteiger partial charge in [0.2, 0.25) is 0 Å². The number of amides is 1. The molecule has 0 saturated heterocycles. The van der Waals surface area contributed by atoms with Gasteiger partial charge in [-0.15, -0.1) is 0 Å². The number of nitrogens with one attached hydrogen (secondary N) is 1. The standard InChI is InChI=1S/C13H22N4O2/c1-10(2)19-7-6-17(3)9-12-5-4-11(8-15-12)13(18)16-14/h4-5,8,10H,6-7,9,14H2,1-3H3,(H,16,18). The predicted molar refractivity (Wildman–Crippen MR) is 73.3 cm³/mol. The number of hydrazine groups is 1. The van der Waals surface area contributed by atoms with Crippen molar-refractivity contribution < 1.29 is 9.53 Å². The summed E-state index contributed by atoms with van der Waals surface area (Å²) in [6.45, 7) is 6.28. The first-order valence-electron chi connectivity index (χ1n) is 6.29. The minimum Gasteiger partial charge on any atom is -0.377 e. The molecule has 0 radical (unpaired) electrons. The van der Waals surface area contributed by atoms with E-state index in [0.29, 0.717) is 18.7 Å². The predicted octanol–water partition coefficient (Wildman–Crippen LogP) is 0.542. The number of ether oxygens (including phenoxy) is 1. The van der Waals surface area contributed by atoms with Crippen LogP contribution in [0.2, 0.25) is 0 Å². The number of hydrogen-bond donors (Lipinski definition) is 2. The molecule has 1 aromatic heterocycles. The Balaban J connectivity index is 2.42. The van der Waals surface area contributed by atoms with E-state index >= 15 is 0 Å². The number of rotatable bonds is 7. The molecule has 3 N–H and O–H groups in total. The van der Waals surface area contributed by atoms with Gasteiger partial charge in [-0.3, -0.25) is 20.1 Å². The van der Waals surface area contributed by atoms with Crippen molar-refractivity contribution in [3.05, 3.63) is 29.6 Å². The Labute approximate surface area is 113 Å². The molecule has 0 aliphatic heterocycles. The van der Waals surface area contributed by atoms with Gasteiger partial charge in [-0.2, -0.15) is 0 Å². The first kappa shape index (κ1) is 15.6. The number of carbonyl (C=O) groups excluding carboxylic acids is 1. The largest absolute Gasteiger partial charge is 0.377 e. The molecule has 0 aromatic carbocycles. The third kappa shape index (κ3) is 5.78. The van der Waals surface area contributed by atoms with Gasteiger partial charge in [0.25, 0.3) is 5.91 Å². The average molecular weight is 266 g/mol. The van der Waals surface area contributed by atoms with E-state index in [1.54, 1.807) is 6.07 Å². The SMILES string of the molecule is CC(C)OCCN(C)Cc1ccc(C(=O)NN)cn1. The normalized spacial score (nSPS) is 11.1. The lowest BCUT2D eigenvalue weighted by Gasteiger charge is -2.17. The summed E-state index contributed by atoms with van der Waals surface area (Å²) in [5, 5.41) is 0.